The molecule has 1 atom stereocenters. The molecule has 0 aliphatic carbocycles. The number of aryl methyl sites for hydroxylation is 1. The Balaban J connectivity index is 1.56. The summed E-state index contributed by atoms with van der Waals surface area (Å²) in [5.74, 6) is 1.07. The van der Waals surface area contributed by atoms with Gasteiger partial charge in [0.05, 0.1) is 5.92 Å². The molecule has 2 aromatic rings. The van der Waals surface area contributed by atoms with E-state index in [9.17, 15) is 9.59 Å². The minimum Gasteiger partial charge on any atom is -0.312 e. The fourth-order valence-electron chi connectivity index (χ4n) is 2.84. The van der Waals surface area contributed by atoms with Crippen LogP contribution in [-0.4, -0.2) is 34.3 Å². The molecule has 27 heavy (non-hydrogen) atoms. The van der Waals surface area contributed by atoms with Gasteiger partial charge in [-0.25, -0.2) is 0 Å². The number of carbonyl (C=O) groups excluding carboxylic acids is 2. The first-order valence-corrected chi connectivity index (χ1v) is 10.9. The molecule has 0 saturated carbocycles. The van der Waals surface area contributed by atoms with Crippen molar-refractivity contribution in [2.24, 2.45) is 11.8 Å². The summed E-state index contributed by atoms with van der Waals surface area (Å²) in [6.07, 6.45) is 1.33. The average molecular weight is 405 g/mol. The first-order chi connectivity index (χ1) is 12.9. The Morgan fingerprint density at radius 3 is 2.96 bits per heavy atom. The molecular weight excluding hydrogens is 380 g/mol. The second kappa shape index (κ2) is 8.84. The SMILES string of the molecule is Cc1cccc(N2C[C@H](C(=O)Nc3nnc(SCCC(C)C)s3)CC2=O)c1. The third kappa shape index (κ3) is 5.29. The number of thioether (sulfide) groups is 1. The lowest BCUT2D eigenvalue weighted by Gasteiger charge is -2.17. The monoisotopic (exact) mass is 404 g/mol. The second-order valence-corrected chi connectivity index (χ2v) is 9.46. The number of rotatable bonds is 7. The molecule has 0 unspecified atom stereocenters. The molecule has 1 aromatic heterocycles. The maximum atomic E-state index is 12.6. The van der Waals surface area contributed by atoms with Gasteiger partial charge in [-0.15, -0.1) is 10.2 Å². The predicted octanol–water partition coefficient (Wildman–Crippen LogP) is 3.98. The van der Waals surface area contributed by atoms with Gasteiger partial charge in [0.1, 0.15) is 0 Å². The minimum absolute atomic E-state index is 0.0251. The maximum Gasteiger partial charge on any atom is 0.231 e. The summed E-state index contributed by atoms with van der Waals surface area (Å²) in [5.41, 5.74) is 1.93. The number of hydrogen-bond donors (Lipinski definition) is 1. The Morgan fingerprint density at radius 2 is 2.22 bits per heavy atom. The lowest BCUT2D eigenvalue weighted by atomic mass is 10.1. The minimum atomic E-state index is -0.376. The first-order valence-electron chi connectivity index (χ1n) is 9.06. The Labute approximate surface area is 167 Å². The Kier molecular flexibility index (Phi) is 6.49. The van der Waals surface area contributed by atoms with Gasteiger partial charge in [0.25, 0.3) is 0 Å². The van der Waals surface area contributed by atoms with E-state index in [1.54, 1.807) is 16.7 Å². The summed E-state index contributed by atoms with van der Waals surface area (Å²) in [6, 6.07) is 7.77. The Hall–Kier alpha value is -1.93. The van der Waals surface area contributed by atoms with E-state index in [4.69, 9.17) is 0 Å². The van der Waals surface area contributed by atoms with Crippen LogP contribution in [0, 0.1) is 18.8 Å². The van der Waals surface area contributed by atoms with Crippen LogP contribution < -0.4 is 10.2 Å². The molecule has 1 aliphatic rings. The quantitative estimate of drug-likeness (QED) is 0.558. The maximum absolute atomic E-state index is 12.6. The van der Waals surface area contributed by atoms with Crippen molar-refractivity contribution in [2.75, 3.05) is 22.5 Å². The fraction of sp³-hybridized carbons (Fsp3) is 0.474. The van der Waals surface area contributed by atoms with Crippen LogP contribution in [0.5, 0.6) is 0 Å². The van der Waals surface area contributed by atoms with E-state index in [2.05, 4.69) is 29.4 Å². The van der Waals surface area contributed by atoms with Crippen LogP contribution in [0.1, 0.15) is 32.3 Å². The number of aromatic nitrogens is 2. The highest BCUT2D eigenvalue weighted by Gasteiger charge is 2.35. The highest BCUT2D eigenvalue weighted by molar-refractivity contribution is 8.01. The molecule has 1 N–H and O–H groups in total. The van der Waals surface area contributed by atoms with Gasteiger partial charge in [-0.1, -0.05) is 49.1 Å². The Morgan fingerprint density at radius 1 is 1.41 bits per heavy atom. The number of amides is 2. The summed E-state index contributed by atoms with van der Waals surface area (Å²) >= 11 is 3.04. The molecule has 0 radical (unpaired) electrons. The van der Waals surface area contributed by atoms with Gasteiger partial charge in [0.15, 0.2) is 4.34 Å². The lowest BCUT2D eigenvalue weighted by Crippen LogP contribution is -2.28. The molecule has 0 spiro atoms. The number of hydrogen-bond acceptors (Lipinski definition) is 6. The summed E-state index contributed by atoms with van der Waals surface area (Å²) in [7, 11) is 0. The highest BCUT2D eigenvalue weighted by atomic mass is 32.2. The predicted molar refractivity (Wildman–Crippen MR) is 110 cm³/mol. The molecule has 1 aliphatic heterocycles. The lowest BCUT2D eigenvalue weighted by molar-refractivity contribution is -0.122. The molecule has 3 rings (SSSR count). The molecule has 0 bridgehead atoms. The zero-order valence-corrected chi connectivity index (χ0v) is 17.4. The average Bonchev–Trinajstić information content (AvgIpc) is 3.21. The largest absolute Gasteiger partial charge is 0.312 e. The van der Waals surface area contributed by atoms with E-state index >= 15 is 0 Å². The van der Waals surface area contributed by atoms with Crippen molar-refractivity contribution in [3.8, 4) is 0 Å². The number of anilines is 2. The van der Waals surface area contributed by atoms with Gasteiger partial charge in [-0.3, -0.25) is 9.59 Å². The van der Waals surface area contributed by atoms with Crippen molar-refractivity contribution in [1.29, 1.82) is 0 Å². The van der Waals surface area contributed by atoms with Crippen molar-refractivity contribution >= 4 is 45.7 Å². The van der Waals surface area contributed by atoms with E-state index in [-0.39, 0.29) is 24.2 Å². The van der Waals surface area contributed by atoms with E-state index in [1.165, 1.54) is 11.3 Å². The molecule has 1 aromatic carbocycles. The van der Waals surface area contributed by atoms with Crippen LogP contribution in [-0.2, 0) is 9.59 Å². The first kappa shape index (κ1) is 19.8. The molecule has 2 heterocycles. The number of nitrogens with one attached hydrogen (secondary N) is 1. The van der Waals surface area contributed by atoms with Gasteiger partial charge >= 0.3 is 0 Å². The van der Waals surface area contributed by atoms with Crippen LogP contribution >= 0.6 is 23.1 Å². The standard InChI is InChI=1S/C19H24N4O2S2/c1-12(2)7-8-26-19-22-21-18(27-19)20-17(25)14-10-16(24)23(11-14)15-6-4-5-13(3)9-15/h4-6,9,12,14H,7-8,10-11H2,1-3H3,(H,20,21,25)/t14-/m1/s1. The molecule has 1 saturated heterocycles. The highest BCUT2D eigenvalue weighted by Crippen LogP contribution is 2.29. The van der Waals surface area contributed by atoms with Crippen molar-refractivity contribution < 1.29 is 9.59 Å². The topological polar surface area (TPSA) is 75.2 Å². The number of carbonyl (C=O) groups is 2. The zero-order valence-electron chi connectivity index (χ0n) is 15.8. The van der Waals surface area contributed by atoms with Gasteiger partial charge in [-0.2, -0.15) is 0 Å². The fourth-order valence-corrected chi connectivity index (χ4v) is 4.90. The molecule has 144 valence electrons. The van der Waals surface area contributed by atoms with Gasteiger partial charge in [-0.05, 0) is 37.0 Å². The van der Waals surface area contributed by atoms with Gasteiger partial charge < -0.3 is 10.2 Å². The van der Waals surface area contributed by atoms with Crippen LogP contribution in [0.4, 0.5) is 10.8 Å². The smallest absolute Gasteiger partial charge is 0.231 e. The van der Waals surface area contributed by atoms with Crippen LogP contribution in [0.2, 0.25) is 0 Å². The summed E-state index contributed by atoms with van der Waals surface area (Å²) < 4.78 is 0.856. The van der Waals surface area contributed by atoms with Gasteiger partial charge in [0.2, 0.25) is 16.9 Å². The van der Waals surface area contributed by atoms with Crippen LogP contribution in [0.25, 0.3) is 0 Å². The van der Waals surface area contributed by atoms with Gasteiger partial charge in [0, 0.05) is 24.4 Å². The summed E-state index contributed by atoms with van der Waals surface area (Å²) in [6.45, 7) is 6.76. The van der Waals surface area contributed by atoms with Crippen molar-refractivity contribution in [3.05, 3.63) is 29.8 Å². The van der Waals surface area contributed by atoms with Crippen molar-refractivity contribution in [1.82, 2.24) is 10.2 Å². The van der Waals surface area contributed by atoms with E-state index in [1.807, 2.05) is 31.2 Å². The molecular formula is C19H24N4O2S2. The second-order valence-electron chi connectivity index (χ2n) is 7.14. The molecule has 1 fully saturated rings. The number of benzene rings is 1. The van der Waals surface area contributed by atoms with E-state index in [0.29, 0.717) is 17.6 Å². The summed E-state index contributed by atoms with van der Waals surface area (Å²) in [5, 5.41) is 11.5. The molecule has 6 nitrogen and oxygen atoms in total. The number of nitrogens with zero attached hydrogens (tertiary/aromatic N) is 3. The summed E-state index contributed by atoms with van der Waals surface area (Å²) in [4.78, 5) is 26.6. The van der Waals surface area contributed by atoms with Crippen molar-refractivity contribution in [3.63, 3.8) is 0 Å². The van der Waals surface area contributed by atoms with Crippen LogP contribution in [0.3, 0.4) is 0 Å². The third-order valence-electron chi connectivity index (χ3n) is 4.37. The molecule has 8 heteroatoms. The van der Waals surface area contributed by atoms with Crippen LogP contribution in [0.15, 0.2) is 28.6 Å². The van der Waals surface area contributed by atoms with E-state index < -0.39 is 0 Å². The Bertz CT molecular complexity index is 822. The normalized spacial score (nSPS) is 17.0. The molecule has 2 amide bonds. The zero-order chi connectivity index (χ0) is 19.4. The third-order valence-corrected chi connectivity index (χ3v) is 6.37. The van der Waals surface area contributed by atoms with Crippen molar-refractivity contribution in [2.45, 2.75) is 38.0 Å². The van der Waals surface area contributed by atoms with E-state index in [0.717, 1.165) is 27.8 Å².